The summed E-state index contributed by atoms with van der Waals surface area (Å²) in [5.74, 6) is 0.0622. The molecule has 0 saturated carbocycles. The molecule has 0 aliphatic carbocycles. The molecule has 1 N–H and O–H groups in total. The first-order valence-corrected chi connectivity index (χ1v) is 6.25. The molecule has 0 aliphatic heterocycles. The van der Waals surface area contributed by atoms with Crippen LogP contribution in [0, 0.1) is 0 Å². The Morgan fingerprint density at radius 2 is 2.33 bits per heavy atom. The third-order valence-electron chi connectivity index (χ3n) is 2.85. The van der Waals surface area contributed by atoms with Gasteiger partial charge in [0.25, 0.3) is 5.91 Å². The highest BCUT2D eigenvalue weighted by molar-refractivity contribution is 5.92. The molecular weight excluding hydrogens is 230 g/mol. The van der Waals surface area contributed by atoms with Crippen molar-refractivity contribution in [3.05, 3.63) is 24.0 Å². The summed E-state index contributed by atoms with van der Waals surface area (Å²) in [5, 5.41) is 3.08. The zero-order chi connectivity index (χ0) is 13.4. The Kier molecular flexibility index (Phi) is 6.46. The average Bonchev–Trinajstić information content (AvgIpc) is 2.83. The van der Waals surface area contributed by atoms with E-state index in [1.807, 2.05) is 37.0 Å². The number of methoxy groups -OCH3 is 1. The van der Waals surface area contributed by atoms with Crippen molar-refractivity contribution < 1.29 is 9.53 Å². The number of carbonyl (C=O) groups excluding carboxylic acids is 1. The first kappa shape index (κ1) is 14.7. The van der Waals surface area contributed by atoms with Crippen LogP contribution < -0.4 is 5.32 Å². The van der Waals surface area contributed by atoms with Crippen LogP contribution in [0.3, 0.4) is 0 Å². The number of rotatable bonds is 8. The summed E-state index contributed by atoms with van der Waals surface area (Å²) in [5.41, 5.74) is 0.721. The summed E-state index contributed by atoms with van der Waals surface area (Å²) in [6.07, 6.45) is 2.87. The maximum atomic E-state index is 12.2. The standard InChI is InChI=1S/C13H23N3O2/c1-14-7-5-8-15(2)13(17)12-6-4-9-16(12)10-11-18-3/h4,6,9,14H,5,7-8,10-11H2,1-3H3. The highest BCUT2D eigenvalue weighted by Crippen LogP contribution is 2.06. The number of hydrogen-bond acceptors (Lipinski definition) is 3. The Morgan fingerprint density at radius 3 is 3.00 bits per heavy atom. The van der Waals surface area contributed by atoms with E-state index >= 15 is 0 Å². The van der Waals surface area contributed by atoms with Gasteiger partial charge in [-0.05, 0) is 32.1 Å². The molecule has 1 heterocycles. The van der Waals surface area contributed by atoms with Crippen molar-refractivity contribution in [2.45, 2.75) is 13.0 Å². The van der Waals surface area contributed by atoms with E-state index in [0.717, 1.165) is 25.2 Å². The fourth-order valence-electron chi connectivity index (χ4n) is 1.78. The zero-order valence-electron chi connectivity index (χ0n) is 11.5. The Bertz CT molecular complexity index is 363. The van der Waals surface area contributed by atoms with E-state index in [1.54, 1.807) is 12.0 Å². The number of hydrogen-bond donors (Lipinski definition) is 1. The van der Waals surface area contributed by atoms with Gasteiger partial charge in [-0.1, -0.05) is 0 Å². The van der Waals surface area contributed by atoms with Crippen molar-refractivity contribution >= 4 is 5.91 Å². The number of carbonyl (C=O) groups is 1. The van der Waals surface area contributed by atoms with Crippen molar-refractivity contribution in [3.63, 3.8) is 0 Å². The molecule has 0 unspecified atom stereocenters. The van der Waals surface area contributed by atoms with Gasteiger partial charge in [0, 0.05) is 33.4 Å². The second-order valence-corrected chi connectivity index (χ2v) is 4.26. The Balaban J connectivity index is 2.56. The van der Waals surface area contributed by atoms with E-state index in [9.17, 15) is 4.79 Å². The molecule has 1 aromatic rings. The lowest BCUT2D eigenvalue weighted by atomic mass is 10.3. The van der Waals surface area contributed by atoms with Crippen LogP contribution in [0.2, 0.25) is 0 Å². The zero-order valence-corrected chi connectivity index (χ0v) is 11.5. The van der Waals surface area contributed by atoms with Crippen LogP contribution in [0.1, 0.15) is 16.9 Å². The Labute approximate surface area is 109 Å². The molecule has 1 amide bonds. The molecule has 5 nitrogen and oxygen atoms in total. The third kappa shape index (κ3) is 4.16. The lowest BCUT2D eigenvalue weighted by Crippen LogP contribution is -2.31. The fourth-order valence-corrected chi connectivity index (χ4v) is 1.78. The molecule has 0 fully saturated rings. The minimum Gasteiger partial charge on any atom is -0.383 e. The number of amides is 1. The van der Waals surface area contributed by atoms with E-state index < -0.39 is 0 Å². The molecular formula is C13H23N3O2. The minimum atomic E-state index is 0.0622. The molecule has 102 valence electrons. The van der Waals surface area contributed by atoms with E-state index in [2.05, 4.69) is 5.32 Å². The molecule has 0 radical (unpaired) electrons. The van der Waals surface area contributed by atoms with E-state index in [0.29, 0.717) is 13.2 Å². The molecule has 0 saturated heterocycles. The summed E-state index contributed by atoms with van der Waals surface area (Å²) in [7, 11) is 5.41. The quantitative estimate of drug-likeness (QED) is 0.698. The van der Waals surface area contributed by atoms with Crippen LogP contribution in [-0.4, -0.2) is 56.3 Å². The van der Waals surface area contributed by atoms with Crippen molar-refractivity contribution in [1.82, 2.24) is 14.8 Å². The normalized spacial score (nSPS) is 10.6. The molecule has 0 bridgehead atoms. The second kappa shape index (κ2) is 7.89. The first-order valence-electron chi connectivity index (χ1n) is 6.25. The summed E-state index contributed by atoms with van der Waals surface area (Å²) in [6.45, 7) is 2.99. The SMILES string of the molecule is CNCCCN(C)C(=O)c1cccn1CCOC. The molecule has 5 heteroatoms. The molecule has 0 aromatic carbocycles. The van der Waals surface area contributed by atoms with Crippen LogP contribution in [-0.2, 0) is 11.3 Å². The largest absolute Gasteiger partial charge is 0.383 e. The summed E-state index contributed by atoms with van der Waals surface area (Å²) in [6, 6.07) is 3.75. The van der Waals surface area contributed by atoms with Gasteiger partial charge in [-0.3, -0.25) is 4.79 Å². The summed E-state index contributed by atoms with van der Waals surface area (Å²) >= 11 is 0. The molecule has 1 aromatic heterocycles. The van der Waals surface area contributed by atoms with Crippen molar-refractivity contribution in [3.8, 4) is 0 Å². The minimum absolute atomic E-state index is 0.0622. The van der Waals surface area contributed by atoms with Gasteiger partial charge in [0.1, 0.15) is 5.69 Å². The molecule has 0 aliphatic rings. The predicted molar refractivity (Wildman–Crippen MR) is 71.8 cm³/mol. The lowest BCUT2D eigenvalue weighted by Gasteiger charge is -2.18. The molecule has 0 atom stereocenters. The van der Waals surface area contributed by atoms with Gasteiger partial charge >= 0.3 is 0 Å². The number of ether oxygens (including phenoxy) is 1. The Morgan fingerprint density at radius 1 is 1.56 bits per heavy atom. The van der Waals surface area contributed by atoms with Gasteiger partial charge < -0.3 is 19.5 Å². The fraction of sp³-hybridized carbons (Fsp3) is 0.615. The van der Waals surface area contributed by atoms with Crippen LogP contribution in [0.25, 0.3) is 0 Å². The lowest BCUT2D eigenvalue weighted by molar-refractivity contribution is 0.0780. The number of aromatic nitrogens is 1. The van der Waals surface area contributed by atoms with Gasteiger partial charge in [-0.15, -0.1) is 0 Å². The van der Waals surface area contributed by atoms with Crippen molar-refractivity contribution in [2.24, 2.45) is 0 Å². The smallest absolute Gasteiger partial charge is 0.270 e. The number of nitrogens with zero attached hydrogens (tertiary/aromatic N) is 2. The molecule has 18 heavy (non-hydrogen) atoms. The summed E-state index contributed by atoms with van der Waals surface area (Å²) < 4.78 is 6.97. The highest BCUT2D eigenvalue weighted by Gasteiger charge is 2.14. The Hall–Kier alpha value is -1.33. The highest BCUT2D eigenvalue weighted by atomic mass is 16.5. The van der Waals surface area contributed by atoms with E-state index in [1.165, 1.54) is 0 Å². The maximum absolute atomic E-state index is 12.2. The first-order chi connectivity index (χ1) is 8.70. The molecule has 0 spiro atoms. The maximum Gasteiger partial charge on any atom is 0.270 e. The topological polar surface area (TPSA) is 46.5 Å². The second-order valence-electron chi connectivity index (χ2n) is 4.26. The van der Waals surface area contributed by atoms with Crippen LogP contribution in [0.5, 0.6) is 0 Å². The van der Waals surface area contributed by atoms with Crippen LogP contribution >= 0.6 is 0 Å². The van der Waals surface area contributed by atoms with E-state index in [-0.39, 0.29) is 5.91 Å². The van der Waals surface area contributed by atoms with Gasteiger partial charge in [-0.25, -0.2) is 0 Å². The third-order valence-corrected chi connectivity index (χ3v) is 2.85. The van der Waals surface area contributed by atoms with Gasteiger partial charge in [-0.2, -0.15) is 0 Å². The monoisotopic (exact) mass is 253 g/mol. The van der Waals surface area contributed by atoms with E-state index in [4.69, 9.17) is 4.74 Å². The average molecular weight is 253 g/mol. The van der Waals surface area contributed by atoms with Gasteiger partial charge in [0.2, 0.25) is 0 Å². The van der Waals surface area contributed by atoms with Crippen molar-refractivity contribution in [2.75, 3.05) is 40.9 Å². The number of nitrogens with one attached hydrogen (secondary N) is 1. The van der Waals surface area contributed by atoms with Crippen molar-refractivity contribution in [1.29, 1.82) is 0 Å². The summed E-state index contributed by atoms with van der Waals surface area (Å²) in [4.78, 5) is 14.0. The van der Waals surface area contributed by atoms with Gasteiger partial charge in [0.05, 0.1) is 6.61 Å². The molecule has 1 rings (SSSR count). The van der Waals surface area contributed by atoms with Crippen LogP contribution in [0.15, 0.2) is 18.3 Å². The predicted octanol–water partition coefficient (Wildman–Crippen LogP) is 0.816. The van der Waals surface area contributed by atoms with Crippen LogP contribution in [0.4, 0.5) is 0 Å². The van der Waals surface area contributed by atoms with Gasteiger partial charge in [0.15, 0.2) is 0 Å².